The normalized spacial score (nSPS) is 11.2. The highest BCUT2D eigenvalue weighted by atomic mass is 16.6. The number of hydrogen-bond acceptors (Lipinski definition) is 6. The van der Waals surface area contributed by atoms with E-state index in [4.69, 9.17) is 9.47 Å². The van der Waals surface area contributed by atoms with Gasteiger partial charge in [-0.3, -0.25) is 14.9 Å². The van der Waals surface area contributed by atoms with E-state index in [0.717, 1.165) is 5.56 Å². The molecule has 0 saturated carbocycles. The molecule has 0 aromatic heterocycles. The first-order valence-electron chi connectivity index (χ1n) is 10.1. The zero-order chi connectivity index (χ0) is 23.6. The van der Waals surface area contributed by atoms with Crippen molar-refractivity contribution in [3.05, 3.63) is 100 Å². The van der Waals surface area contributed by atoms with Crippen molar-refractivity contribution in [3.8, 4) is 5.75 Å². The lowest BCUT2D eigenvalue weighted by Gasteiger charge is -2.19. The first-order valence-corrected chi connectivity index (χ1v) is 10.1. The van der Waals surface area contributed by atoms with E-state index in [1.165, 1.54) is 19.2 Å². The molecule has 0 aliphatic carbocycles. The largest absolute Gasteiger partial charge is 0.495 e. The van der Waals surface area contributed by atoms with Gasteiger partial charge in [-0.1, -0.05) is 54.6 Å². The Balaban J connectivity index is 1.73. The average Bonchev–Trinajstić information content (AvgIpc) is 2.83. The molecule has 0 spiro atoms. The fraction of sp³-hybridized carbons (Fsp3) is 0.167. The van der Waals surface area contributed by atoms with Crippen LogP contribution in [0.1, 0.15) is 11.1 Å². The Morgan fingerprint density at radius 3 is 2.27 bits per heavy atom. The van der Waals surface area contributed by atoms with Gasteiger partial charge in [-0.05, 0) is 23.3 Å². The van der Waals surface area contributed by atoms with Crippen LogP contribution in [-0.2, 0) is 22.6 Å². The minimum absolute atomic E-state index is 0.0467. The van der Waals surface area contributed by atoms with Gasteiger partial charge in [0.15, 0.2) is 0 Å². The number of carbonyl (C=O) groups excluding carboxylic acids is 2. The molecule has 2 N–H and O–H groups in total. The molecule has 0 bridgehead atoms. The van der Waals surface area contributed by atoms with Crippen molar-refractivity contribution < 1.29 is 24.0 Å². The van der Waals surface area contributed by atoms with Gasteiger partial charge in [0.2, 0.25) is 5.91 Å². The summed E-state index contributed by atoms with van der Waals surface area (Å²) in [7, 11) is 1.48. The van der Waals surface area contributed by atoms with Crippen molar-refractivity contribution in [2.45, 2.75) is 19.1 Å². The molecule has 170 valence electrons. The van der Waals surface area contributed by atoms with Gasteiger partial charge in [0.1, 0.15) is 18.4 Å². The summed E-state index contributed by atoms with van der Waals surface area (Å²) >= 11 is 0. The van der Waals surface area contributed by atoms with Gasteiger partial charge in [0.05, 0.1) is 17.7 Å². The second-order valence-electron chi connectivity index (χ2n) is 7.08. The van der Waals surface area contributed by atoms with E-state index in [2.05, 4.69) is 10.6 Å². The highest BCUT2D eigenvalue weighted by Crippen LogP contribution is 2.23. The maximum Gasteiger partial charge on any atom is 0.408 e. The SMILES string of the molecule is COc1ccccc1NC(=O)[C@H](Cc1ccc([N+](=O)[O-])cc1)NC(=O)OCc1ccccc1. The molecule has 33 heavy (non-hydrogen) atoms. The maximum atomic E-state index is 13.0. The molecule has 3 rings (SSSR count). The molecule has 0 aliphatic heterocycles. The summed E-state index contributed by atoms with van der Waals surface area (Å²) < 4.78 is 10.5. The molecule has 2 amide bonds. The van der Waals surface area contributed by atoms with E-state index in [0.29, 0.717) is 17.0 Å². The van der Waals surface area contributed by atoms with Crippen LogP contribution < -0.4 is 15.4 Å². The first kappa shape index (κ1) is 23.3. The minimum atomic E-state index is -1.00. The molecular weight excluding hydrogens is 426 g/mol. The minimum Gasteiger partial charge on any atom is -0.495 e. The Morgan fingerprint density at radius 2 is 1.61 bits per heavy atom. The number of rotatable bonds is 9. The summed E-state index contributed by atoms with van der Waals surface area (Å²) in [6.45, 7) is 0.0467. The van der Waals surface area contributed by atoms with Crippen LogP contribution in [0, 0.1) is 10.1 Å². The summed E-state index contributed by atoms with van der Waals surface area (Å²) in [6.07, 6.45) is -0.666. The van der Waals surface area contributed by atoms with E-state index >= 15 is 0 Å². The molecule has 0 fully saturated rings. The molecule has 0 radical (unpaired) electrons. The third kappa shape index (κ3) is 6.79. The van der Waals surface area contributed by atoms with Crippen LogP contribution in [0.2, 0.25) is 0 Å². The maximum absolute atomic E-state index is 13.0. The summed E-state index contributed by atoms with van der Waals surface area (Å²) in [6, 6.07) is 20.8. The van der Waals surface area contributed by atoms with Gasteiger partial charge >= 0.3 is 6.09 Å². The number of amides is 2. The number of hydrogen-bond donors (Lipinski definition) is 2. The van der Waals surface area contributed by atoms with E-state index in [-0.39, 0.29) is 18.7 Å². The topological polar surface area (TPSA) is 120 Å². The van der Waals surface area contributed by atoms with E-state index in [9.17, 15) is 19.7 Å². The average molecular weight is 449 g/mol. The molecule has 0 unspecified atom stereocenters. The Kier molecular flexibility index (Phi) is 7.96. The molecule has 0 heterocycles. The van der Waals surface area contributed by atoms with Crippen molar-refractivity contribution in [2.75, 3.05) is 12.4 Å². The number of nitrogens with zero attached hydrogens (tertiary/aromatic N) is 1. The van der Waals surface area contributed by atoms with Gasteiger partial charge in [0.25, 0.3) is 5.69 Å². The zero-order valence-corrected chi connectivity index (χ0v) is 17.9. The smallest absolute Gasteiger partial charge is 0.408 e. The number of alkyl carbamates (subject to hydrolysis) is 1. The molecule has 9 nitrogen and oxygen atoms in total. The summed E-state index contributed by atoms with van der Waals surface area (Å²) in [5, 5.41) is 16.2. The van der Waals surface area contributed by atoms with Crippen LogP contribution in [0.4, 0.5) is 16.2 Å². The van der Waals surface area contributed by atoms with Crippen LogP contribution in [0.25, 0.3) is 0 Å². The predicted octanol–water partition coefficient (Wildman–Crippen LogP) is 4.08. The first-order chi connectivity index (χ1) is 16.0. The number of benzene rings is 3. The summed E-state index contributed by atoms with van der Waals surface area (Å²) in [4.78, 5) is 35.8. The number of methoxy groups -OCH3 is 1. The Bertz CT molecular complexity index is 1100. The van der Waals surface area contributed by atoms with E-state index in [1.807, 2.05) is 30.3 Å². The number of carbonyl (C=O) groups is 2. The quantitative estimate of drug-likeness (QED) is 0.375. The number of anilines is 1. The van der Waals surface area contributed by atoms with Crippen LogP contribution in [0.15, 0.2) is 78.9 Å². The van der Waals surface area contributed by atoms with Gasteiger partial charge in [-0.2, -0.15) is 0 Å². The lowest BCUT2D eigenvalue weighted by Crippen LogP contribution is -2.45. The van der Waals surface area contributed by atoms with Crippen LogP contribution in [0.5, 0.6) is 5.75 Å². The molecule has 3 aromatic carbocycles. The van der Waals surface area contributed by atoms with E-state index < -0.39 is 23.0 Å². The second kappa shape index (κ2) is 11.3. The monoisotopic (exact) mass is 449 g/mol. The van der Waals surface area contributed by atoms with Crippen molar-refractivity contribution in [1.29, 1.82) is 0 Å². The van der Waals surface area contributed by atoms with Gasteiger partial charge in [-0.25, -0.2) is 4.79 Å². The van der Waals surface area contributed by atoms with Crippen molar-refractivity contribution in [3.63, 3.8) is 0 Å². The number of nitro groups is 1. The molecule has 0 saturated heterocycles. The Hall–Kier alpha value is -4.40. The molecule has 9 heteroatoms. The molecule has 3 aromatic rings. The van der Waals surface area contributed by atoms with Crippen LogP contribution in [0.3, 0.4) is 0 Å². The van der Waals surface area contributed by atoms with Crippen LogP contribution >= 0.6 is 0 Å². The highest BCUT2D eigenvalue weighted by molar-refractivity contribution is 5.97. The summed E-state index contributed by atoms with van der Waals surface area (Å²) in [5.41, 5.74) is 1.81. The zero-order valence-electron chi connectivity index (χ0n) is 17.9. The van der Waals surface area contributed by atoms with Gasteiger partial charge in [0, 0.05) is 18.6 Å². The van der Waals surface area contributed by atoms with Crippen LogP contribution in [-0.4, -0.2) is 30.1 Å². The Morgan fingerprint density at radius 1 is 0.939 bits per heavy atom. The Labute approximate surface area is 190 Å². The van der Waals surface area contributed by atoms with Crippen molar-refractivity contribution in [1.82, 2.24) is 5.32 Å². The third-order valence-corrected chi connectivity index (χ3v) is 4.77. The molecular formula is C24H23N3O6. The lowest BCUT2D eigenvalue weighted by atomic mass is 10.0. The number of nitro benzene ring substituents is 1. The van der Waals surface area contributed by atoms with E-state index in [1.54, 1.807) is 36.4 Å². The predicted molar refractivity (Wildman–Crippen MR) is 122 cm³/mol. The number of para-hydroxylation sites is 2. The second-order valence-corrected chi connectivity index (χ2v) is 7.08. The standard InChI is InChI=1S/C24H23N3O6/c1-32-22-10-6-5-9-20(22)25-23(28)21(15-17-11-13-19(14-12-17)27(30)31)26-24(29)33-16-18-7-3-2-4-8-18/h2-14,21H,15-16H2,1H3,(H,25,28)(H,26,29)/t21-/m0/s1. The fourth-order valence-electron chi connectivity index (χ4n) is 3.07. The molecule has 1 atom stereocenters. The third-order valence-electron chi connectivity index (χ3n) is 4.77. The number of non-ortho nitro benzene ring substituents is 1. The van der Waals surface area contributed by atoms with Crippen molar-refractivity contribution >= 4 is 23.4 Å². The fourth-order valence-corrected chi connectivity index (χ4v) is 3.07. The van der Waals surface area contributed by atoms with Gasteiger partial charge < -0.3 is 20.1 Å². The highest BCUT2D eigenvalue weighted by Gasteiger charge is 2.23. The summed E-state index contributed by atoms with van der Waals surface area (Å²) in [5.74, 6) is -0.0268. The van der Waals surface area contributed by atoms with Crippen molar-refractivity contribution in [2.24, 2.45) is 0 Å². The lowest BCUT2D eigenvalue weighted by molar-refractivity contribution is -0.384. The van der Waals surface area contributed by atoms with Gasteiger partial charge in [-0.15, -0.1) is 0 Å². The molecule has 0 aliphatic rings. The number of ether oxygens (including phenoxy) is 2. The number of nitrogens with one attached hydrogen (secondary N) is 2.